The number of rotatable bonds is 9. The smallest absolute Gasteiger partial charge is 0.223 e. The van der Waals surface area contributed by atoms with Crippen molar-refractivity contribution >= 4 is 5.91 Å². The fourth-order valence-corrected chi connectivity index (χ4v) is 1.70. The van der Waals surface area contributed by atoms with Crippen molar-refractivity contribution in [3.63, 3.8) is 0 Å². The number of aliphatic hydroxyl groups excluding tert-OH is 1. The van der Waals surface area contributed by atoms with Crippen molar-refractivity contribution in [3.05, 3.63) is 29.8 Å². The first-order chi connectivity index (χ1) is 9.24. The van der Waals surface area contributed by atoms with Crippen LogP contribution >= 0.6 is 0 Å². The van der Waals surface area contributed by atoms with Crippen LogP contribution in [0.5, 0.6) is 5.75 Å². The highest BCUT2D eigenvalue weighted by molar-refractivity contribution is 5.75. The number of ether oxygens (including phenoxy) is 1. The molecule has 0 aromatic heterocycles. The molecule has 0 saturated carbocycles. The number of unbranched alkanes of at least 4 members (excludes halogenated alkanes) is 2. The first-order valence-corrected chi connectivity index (χ1v) is 6.80. The van der Waals surface area contributed by atoms with E-state index in [2.05, 4.69) is 5.32 Å². The number of carbonyl (C=O) groups excluding carboxylic acids is 1. The molecule has 0 atom stereocenters. The van der Waals surface area contributed by atoms with Crippen molar-refractivity contribution in [1.82, 2.24) is 5.32 Å². The molecule has 0 radical (unpaired) electrons. The summed E-state index contributed by atoms with van der Waals surface area (Å²) in [6.45, 7) is 3.27. The molecule has 1 rings (SSSR count). The quantitative estimate of drug-likeness (QED) is 0.672. The highest BCUT2D eigenvalue weighted by atomic mass is 16.5. The van der Waals surface area contributed by atoms with E-state index in [9.17, 15) is 4.79 Å². The lowest BCUT2D eigenvalue weighted by Gasteiger charge is -2.09. The largest absolute Gasteiger partial charge is 0.493 e. The lowest BCUT2D eigenvalue weighted by atomic mass is 10.2. The topological polar surface area (TPSA) is 58.6 Å². The maximum Gasteiger partial charge on any atom is 0.223 e. The van der Waals surface area contributed by atoms with Gasteiger partial charge in [-0.05, 0) is 37.8 Å². The van der Waals surface area contributed by atoms with Gasteiger partial charge in [0.15, 0.2) is 0 Å². The van der Waals surface area contributed by atoms with Crippen molar-refractivity contribution in [2.75, 3.05) is 19.8 Å². The van der Waals surface area contributed by atoms with Crippen LogP contribution in [0.15, 0.2) is 24.3 Å². The van der Waals surface area contributed by atoms with Gasteiger partial charge >= 0.3 is 0 Å². The van der Waals surface area contributed by atoms with E-state index >= 15 is 0 Å². The summed E-state index contributed by atoms with van der Waals surface area (Å²) in [5.74, 6) is 0.843. The van der Waals surface area contributed by atoms with E-state index in [-0.39, 0.29) is 12.5 Å². The second-order valence-electron chi connectivity index (χ2n) is 4.50. The van der Waals surface area contributed by atoms with Crippen LogP contribution in [0.2, 0.25) is 0 Å². The summed E-state index contributed by atoms with van der Waals surface area (Å²) in [6, 6.07) is 7.77. The Hall–Kier alpha value is -1.55. The van der Waals surface area contributed by atoms with Gasteiger partial charge in [0, 0.05) is 13.2 Å². The predicted molar refractivity (Wildman–Crippen MR) is 75.2 cm³/mol. The highest BCUT2D eigenvalue weighted by Crippen LogP contribution is 2.15. The molecule has 0 spiro atoms. The number of nitrogens with one attached hydrogen (secondary N) is 1. The molecule has 0 aliphatic carbocycles. The highest BCUT2D eigenvalue weighted by Gasteiger charge is 2.02. The number of benzene rings is 1. The Balaban J connectivity index is 2.09. The molecule has 4 nitrogen and oxygen atoms in total. The van der Waals surface area contributed by atoms with Crippen molar-refractivity contribution in [1.29, 1.82) is 0 Å². The summed E-state index contributed by atoms with van der Waals surface area (Å²) >= 11 is 0. The summed E-state index contributed by atoms with van der Waals surface area (Å²) in [4.78, 5) is 11.5. The Kier molecular flexibility index (Phi) is 7.66. The average Bonchev–Trinajstić information content (AvgIpc) is 2.41. The monoisotopic (exact) mass is 265 g/mol. The summed E-state index contributed by atoms with van der Waals surface area (Å²) in [6.07, 6.45) is 3.02. The van der Waals surface area contributed by atoms with E-state index in [1.807, 2.05) is 31.2 Å². The van der Waals surface area contributed by atoms with Crippen molar-refractivity contribution < 1.29 is 14.6 Å². The van der Waals surface area contributed by atoms with Gasteiger partial charge in [-0.2, -0.15) is 0 Å². The third-order valence-corrected chi connectivity index (χ3v) is 2.84. The van der Waals surface area contributed by atoms with Crippen LogP contribution < -0.4 is 10.1 Å². The third-order valence-electron chi connectivity index (χ3n) is 2.84. The van der Waals surface area contributed by atoms with Crippen LogP contribution in [0.3, 0.4) is 0 Å². The van der Waals surface area contributed by atoms with Crippen molar-refractivity contribution in [2.24, 2.45) is 0 Å². The molecule has 19 heavy (non-hydrogen) atoms. The fraction of sp³-hybridized carbons (Fsp3) is 0.533. The molecule has 106 valence electrons. The minimum Gasteiger partial charge on any atom is -0.493 e. The number of amides is 1. The average molecular weight is 265 g/mol. The van der Waals surface area contributed by atoms with Gasteiger partial charge < -0.3 is 15.2 Å². The molecule has 0 bridgehead atoms. The lowest BCUT2D eigenvalue weighted by Crippen LogP contribution is -2.25. The Morgan fingerprint density at radius 1 is 1.26 bits per heavy atom. The van der Waals surface area contributed by atoms with Crippen molar-refractivity contribution in [3.8, 4) is 5.75 Å². The number of aliphatic hydroxyl groups is 1. The zero-order valence-corrected chi connectivity index (χ0v) is 11.5. The van der Waals surface area contributed by atoms with Crippen LogP contribution in [-0.2, 0) is 4.79 Å². The zero-order valence-electron chi connectivity index (χ0n) is 11.5. The second kappa shape index (κ2) is 9.39. The minimum absolute atomic E-state index is 0.0117. The normalized spacial score (nSPS) is 10.2. The fourth-order valence-electron chi connectivity index (χ4n) is 1.70. The van der Waals surface area contributed by atoms with Crippen LogP contribution in [-0.4, -0.2) is 30.8 Å². The third kappa shape index (κ3) is 6.82. The maximum absolute atomic E-state index is 11.5. The molecule has 2 N–H and O–H groups in total. The number of hydrogen-bond donors (Lipinski definition) is 2. The molecular weight excluding hydrogens is 242 g/mol. The molecule has 0 heterocycles. The van der Waals surface area contributed by atoms with Gasteiger partial charge in [0.25, 0.3) is 0 Å². The van der Waals surface area contributed by atoms with Crippen LogP contribution in [0.25, 0.3) is 0 Å². The number of hydrogen-bond acceptors (Lipinski definition) is 3. The first-order valence-electron chi connectivity index (χ1n) is 6.80. The van der Waals surface area contributed by atoms with Crippen LogP contribution in [0, 0.1) is 6.92 Å². The SMILES string of the molecule is Cc1ccccc1OCCC(=O)NCCCCCO. The van der Waals surface area contributed by atoms with Gasteiger partial charge in [0.2, 0.25) is 5.91 Å². The van der Waals surface area contributed by atoms with E-state index in [1.165, 1.54) is 0 Å². The summed E-state index contributed by atoms with van der Waals surface area (Å²) < 4.78 is 5.56. The van der Waals surface area contributed by atoms with Gasteiger partial charge in [-0.25, -0.2) is 0 Å². The van der Waals surface area contributed by atoms with Gasteiger partial charge in [0.05, 0.1) is 13.0 Å². The van der Waals surface area contributed by atoms with Gasteiger partial charge in [-0.15, -0.1) is 0 Å². The first kappa shape index (κ1) is 15.5. The van der Waals surface area contributed by atoms with Gasteiger partial charge in [-0.1, -0.05) is 18.2 Å². The summed E-state index contributed by atoms with van der Waals surface area (Å²) in [5.41, 5.74) is 1.08. The Labute approximate surface area is 114 Å². The number of para-hydroxylation sites is 1. The van der Waals surface area contributed by atoms with E-state index in [0.29, 0.717) is 19.6 Å². The standard InChI is InChI=1S/C15H23NO3/c1-13-7-3-4-8-14(13)19-12-9-15(18)16-10-5-2-6-11-17/h3-4,7-8,17H,2,5-6,9-12H2,1H3,(H,16,18). The van der Waals surface area contributed by atoms with E-state index in [0.717, 1.165) is 30.6 Å². The predicted octanol–water partition coefficient (Wildman–Crippen LogP) is 2.04. The van der Waals surface area contributed by atoms with E-state index in [1.54, 1.807) is 0 Å². The maximum atomic E-state index is 11.5. The molecule has 1 amide bonds. The molecule has 0 unspecified atom stereocenters. The molecule has 1 aromatic carbocycles. The Bertz CT molecular complexity index is 379. The summed E-state index contributed by atoms with van der Waals surface area (Å²) in [7, 11) is 0. The minimum atomic E-state index is 0.0117. The molecule has 1 aromatic rings. The van der Waals surface area contributed by atoms with Crippen LogP contribution in [0.4, 0.5) is 0 Å². The van der Waals surface area contributed by atoms with Crippen molar-refractivity contribution in [2.45, 2.75) is 32.6 Å². The summed E-state index contributed by atoms with van der Waals surface area (Å²) in [5, 5.41) is 11.5. The second-order valence-corrected chi connectivity index (χ2v) is 4.50. The molecular formula is C15H23NO3. The molecule has 0 aliphatic heterocycles. The molecule has 0 saturated heterocycles. The number of carbonyl (C=O) groups is 1. The Morgan fingerprint density at radius 2 is 2.05 bits per heavy atom. The van der Waals surface area contributed by atoms with Gasteiger partial charge in [-0.3, -0.25) is 4.79 Å². The lowest BCUT2D eigenvalue weighted by molar-refractivity contribution is -0.121. The molecule has 0 aliphatic rings. The number of aryl methyl sites for hydroxylation is 1. The zero-order chi connectivity index (χ0) is 13.9. The Morgan fingerprint density at radius 3 is 2.79 bits per heavy atom. The van der Waals surface area contributed by atoms with E-state index in [4.69, 9.17) is 9.84 Å². The van der Waals surface area contributed by atoms with E-state index < -0.39 is 0 Å². The van der Waals surface area contributed by atoms with Gasteiger partial charge in [0.1, 0.15) is 5.75 Å². The van der Waals surface area contributed by atoms with Crippen LogP contribution in [0.1, 0.15) is 31.2 Å². The molecule has 4 heteroatoms. The molecule has 0 fully saturated rings.